The molecule has 13 heteroatoms. The first-order chi connectivity index (χ1) is 19.3. The minimum Gasteiger partial charge on any atom is -0.378 e. The molecule has 1 aromatic carbocycles. The zero-order chi connectivity index (χ0) is 29.6. The Kier molecular flexibility index (Phi) is 18.6. The first-order valence-electron chi connectivity index (χ1n) is 13.4. The van der Waals surface area contributed by atoms with Gasteiger partial charge in [0.2, 0.25) is 23.6 Å². The maximum absolute atomic E-state index is 12.7. The molecule has 13 nitrogen and oxygen atoms in total. The largest absolute Gasteiger partial charge is 0.378 e. The van der Waals surface area contributed by atoms with Crippen molar-refractivity contribution >= 4 is 29.4 Å². The standard InChI is InChI=1S/C27H44N6O7/c1-20(34)23(16-21-8-4-3-5-9-21)33-25(36)18-31-27(38)22(32-24(35)17-28)10-6-7-11-30-26(37)19-40-15-14-39-13-12-29-2/h3-5,8-9,22-23,29H,6-7,10-19,28H2,1-2H3,(H,30,37)(H,31,38)(H,32,35)(H,33,36)/t22-,23-/m0/s1. The Hall–Kier alpha value is -3.39. The van der Waals surface area contributed by atoms with E-state index in [1.807, 2.05) is 37.4 Å². The maximum Gasteiger partial charge on any atom is 0.245 e. The van der Waals surface area contributed by atoms with Gasteiger partial charge >= 0.3 is 0 Å². The highest BCUT2D eigenvalue weighted by Gasteiger charge is 2.22. The van der Waals surface area contributed by atoms with E-state index in [0.29, 0.717) is 45.6 Å². The molecule has 0 aliphatic heterocycles. The van der Waals surface area contributed by atoms with Crippen molar-refractivity contribution in [3.63, 3.8) is 0 Å². The minimum atomic E-state index is -0.904. The molecule has 1 rings (SSSR count). The summed E-state index contributed by atoms with van der Waals surface area (Å²) in [5, 5.41) is 13.4. The van der Waals surface area contributed by atoms with Gasteiger partial charge in [-0.2, -0.15) is 0 Å². The van der Waals surface area contributed by atoms with Crippen LogP contribution in [0.4, 0.5) is 0 Å². The monoisotopic (exact) mass is 564 g/mol. The van der Waals surface area contributed by atoms with Crippen LogP contribution in [0, 0.1) is 0 Å². The van der Waals surface area contributed by atoms with Crippen molar-refractivity contribution in [3.05, 3.63) is 35.9 Å². The van der Waals surface area contributed by atoms with Gasteiger partial charge in [0.1, 0.15) is 12.6 Å². The molecule has 0 saturated carbocycles. The second kappa shape index (κ2) is 21.4. The van der Waals surface area contributed by atoms with Crippen LogP contribution < -0.4 is 32.3 Å². The van der Waals surface area contributed by atoms with E-state index < -0.39 is 29.8 Å². The fourth-order valence-electron chi connectivity index (χ4n) is 3.52. The number of carbonyl (C=O) groups excluding carboxylic acids is 5. The van der Waals surface area contributed by atoms with E-state index in [9.17, 15) is 24.0 Å². The number of rotatable bonds is 22. The predicted octanol–water partition coefficient (Wildman–Crippen LogP) is -1.60. The molecule has 224 valence electrons. The first kappa shape index (κ1) is 34.6. The highest BCUT2D eigenvalue weighted by atomic mass is 16.5. The first-order valence-corrected chi connectivity index (χ1v) is 13.4. The molecule has 0 unspecified atom stereocenters. The highest BCUT2D eigenvalue weighted by molar-refractivity contribution is 5.92. The second-order valence-corrected chi connectivity index (χ2v) is 9.08. The topological polar surface area (TPSA) is 190 Å². The lowest BCUT2D eigenvalue weighted by Crippen LogP contribution is -2.51. The van der Waals surface area contributed by atoms with Gasteiger partial charge in [-0.1, -0.05) is 30.3 Å². The van der Waals surface area contributed by atoms with Crippen molar-refractivity contribution in [2.24, 2.45) is 5.73 Å². The zero-order valence-electron chi connectivity index (χ0n) is 23.5. The molecule has 1 aromatic rings. The lowest BCUT2D eigenvalue weighted by molar-refractivity contribution is -0.131. The Labute approximate surface area is 235 Å². The number of amides is 4. The summed E-state index contributed by atoms with van der Waals surface area (Å²) in [5.41, 5.74) is 6.26. The summed E-state index contributed by atoms with van der Waals surface area (Å²) < 4.78 is 10.5. The number of benzene rings is 1. The number of ether oxygens (including phenoxy) is 2. The van der Waals surface area contributed by atoms with E-state index in [-0.39, 0.29) is 37.8 Å². The summed E-state index contributed by atoms with van der Waals surface area (Å²) in [6.07, 6.45) is 1.68. The number of carbonyl (C=O) groups is 5. The molecule has 40 heavy (non-hydrogen) atoms. The Balaban J connectivity index is 2.39. The molecule has 7 N–H and O–H groups in total. The number of ketones is 1. The van der Waals surface area contributed by atoms with E-state index in [2.05, 4.69) is 26.6 Å². The second-order valence-electron chi connectivity index (χ2n) is 9.08. The Morgan fingerprint density at radius 3 is 2.20 bits per heavy atom. The van der Waals surface area contributed by atoms with Crippen molar-refractivity contribution in [1.82, 2.24) is 26.6 Å². The molecular weight excluding hydrogens is 520 g/mol. The van der Waals surface area contributed by atoms with Gasteiger partial charge in [-0.05, 0) is 45.2 Å². The summed E-state index contributed by atoms with van der Waals surface area (Å²) in [6.45, 7) is 3.06. The number of nitrogens with one attached hydrogen (secondary N) is 5. The molecule has 0 spiro atoms. The lowest BCUT2D eigenvalue weighted by Gasteiger charge is -2.19. The molecule has 0 aliphatic carbocycles. The summed E-state index contributed by atoms with van der Waals surface area (Å²) in [6, 6.07) is 7.64. The van der Waals surface area contributed by atoms with Gasteiger partial charge in [0, 0.05) is 13.1 Å². The van der Waals surface area contributed by atoms with Crippen LogP contribution in [0.1, 0.15) is 31.7 Å². The van der Waals surface area contributed by atoms with Crippen LogP contribution in [0.15, 0.2) is 30.3 Å². The van der Waals surface area contributed by atoms with Gasteiger partial charge in [0.25, 0.3) is 0 Å². The van der Waals surface area contributed by atoms with Crippen LogP contribution in [0.25, 0.3) is 0 Å². The molecule has 0 bridgehead atoms. The predicted molar refractivity (Wildman–Crippen MR) is 149 cm³/mol. The zero-order valence-corrected chi connectivity index (χ0v) is 23.5. The van der Waals surface area contributed by atoms with Crippen LogP contribution in [-0.4, -0.2) is 101 Å². The quantitative estimate of drug-likeness (QED) is 0.0901. The average Bonchev–Trinajstić information content (AvgIpc) is 2.94. The SMILES string of the molecule is CNCCOCCOCC(=O)NCCCC[C@H](NC(=O)CN)C(=O)NCC(=O)N[C@@H](Cc1ccccc1)C(C)=O. The number of unbranched alkanes of at least 4 members (excludes halogenated alkanes) is 1. The fraction of sp³-hybridized carbons (Fsp3) is 0.593. The van der Waals surface area contributed by atoms with Crippen LogP contribution in [0.5, 0.6) is 0 Å². The van der Waals surface area contributed by atoms with Crippen molar-refractivity contribution in [3.8, 4) is 0 Å². The Bertz CT molecular complexity index is 916. The molecule has 0 saturated heterocycles. The molecule has 0 radical (unpaired) electrons. The van der Waals surface area contributed by atoms with Gasteiger partial charge in [0.05, 0.1) is 39.0 Å². The van der Waals surface area contributed by atoms with E-state index in [1.54, 1.807) is 0 Å². The average molecular weight is 565 g/mol. The number of hydrogen-bond acceptors (Lipinski definition) is 9. The van der Waals surface area contributed by atoms with E-state index in [0.717, 1.165) is 12.1 Å². The minimum absolute atomic E-state index is 0.0785. The van der Waals surface area contributed by atoms with Crippen LogP contribution >= 0.6 is 0 Å². The van der Waals surface area contributed by atoms with Crippen LogP contribution in [0.2, 0.25) is 0 Å². The number of hydrogen-bond donors (Lipinski definition) is 6. The van der Waals surface area contributed by atoms with Crippen molar-refractivity contribution in [2.75, 3.05) is 59.7 Å². The molecule has 0 heterocycles. The highest BCUT2D eigenvalue weighted by Crippen LogP contribution is 2.04. The maximum atomic E-state index is 12.7. The molecule has 0 fully saturated rings. The summed E-state index contributed by atoms with van der Waals surface area (Å²) >= 11 is 0. The lowest BCUT2D eigenvalue weighted by atomic mass is 10.0. The van der Waals surface area contributed by atoms with Crippen molar-refractivity contribution < 1.29 is 33.4 Å². The molecule has 4 amide bonds. The third-order valence-corrected chi connectivity index (χ3v) is 5.71. The van der Waals surface area contributed by atoms with Crippen LogP contribution in [-0.2, 0) is 39.9 Å². The number of Topliss-reactive ketones (excluding diaryl/α,β-unsaturated/α-hetero) is 1. The third-order valence-electron chi connectivity index (χ3n) is 5.71. The molecular formula is C27H44N6O7. The third kappa shape index (κ3) is 16.5. The number of nitrogens with two attached hydrogens (primary N) is 1. The summed E-state index contributed by atoms with van der Waals surface area (Å²) in [4.78, 5) is 60.8. The van der Waals surface area contributed by atoms with Gasteiger partial charge in [0.15, 0.2) is 5.78 Å². The van der Waals surface area contributed by atoms with Gasteiger partial charge < -0.3 is 41.8 Å². The number of likely N-dealkylation sites (N-methyl/N-ethyl adjacent to an activating group) is 1. The Morgan fingerprint density at radius 2 is 1.52 bits per heavy atom. The van der Waals surface area contributed by atoms with Crippen LogP contribution in [0.3, 0.4) is 0 Å². The van der Waals surface area contributed by atoms with Gasteiger partial charge in [-0.25, -0.2) is 0 Å². The molecule has 2 atom stereocenters. The van der Waals surface area contributed by atoms with E-state index >= 15 is 0 Å². The van der Waals surface area contributed by atoms with E-state index in [1.165, 1.54) is 6.92 Å². The fourth-order valence-corrected chi connectivity index (χ4v) is 3.52. The molecule has 0 aliphatic rings. The van der Waals surface area contributed by atoms with E-state index in [4.69, 9.17) is 15.2 Å². The van der Waals surface area contributed by atoms with Crippen molar-refractivity contribution in [2.45, 2.75) is 44.7 Å². The smallest absolute Gasteiger partial charge is 0.245 e. The molecule has 0 aromatic heterocycles. The normalized spacial score (nSPS) is 12.2. The van der Waals surface area contributed by atoms with Gasteiger partial charge in [-0.3, -0.25) is 24.0 Å². The summed E-state index contributed by atoms with van der Waals surface area (Å²) in [5.74, 6) is -2.05. The summed E-state index contributed by atoms with van der Waals surface area (Å²) in [7, 11) is 1.83. The van der Waals surface area contributed by atoms with Gasteiger partial charge in [-0.15, -0.1) is 0 Å². The van der Waals surface area contributed by atoms with Crippen molar-refractivity contribution in [1.29, 1.82) is 0 Å². The Morgan fingerprint density at radius 1 is 0.825 bits per heavy atom.